The number of aromatic nitrogens is 1. The number of hydrogen-bond acceptors (Lipinski definition) is 3. The van der Waals surface area contributed by atoms with Crippen molar-refractivity contribution < 1.29 is 8.81 Å². The van der Waals surface area contributed by atoms with Gasteiger partial charge in [-0.25, -0.2) is 9.37 Å². The molecule has 27 heavy (non-hydrogen) atoms. The Bertz CT molecular complexity index is 916. The van der Waals surface area contributed by atoms with Gasteiger partial charge >= 0.3 is 0 Å². The molecule has 0 spiro atoms. The van der Waals surface area contributed by atoms with Crippen LogP contribution in [0.2, 0.25) is 0 Å². The summed E-state index contributed by atoms with van der Waals surface area (Å²) < 4.78 is 18.4. The summed E-state index contributed by atoms with van der Waals surface area (Å²) >= 11 is 0. The largest absolute Gasteiger partial charge is 0.444 e. The lowest BCUT2D eigenvalue weighted by atomic mass is 10.0. The molecule has 6 heteroatoms. The van der Waals surface area contributed by atoms with E-state index < -0.39 is 0 Å². The number of rotatable bonds is 6. The Morgan fingerprint density at radius 1 is 1.22 bits per heavy atom. The van der Waals surface area contributed by atoms with Crippen LogP contribution in [0.4, 0.5) is 10.1 Å². The van der Waals surface area contributed by atoms with Gasteiger partial charge in [0.1, 0.15) is 12.1 Å². The molecule has 3 aromatic rings. The summed E-state index contributed by atoms with van der Waals surface area (Å²) in [5.41, 5.74) is 9.63. The Morgan fingerprint density at radius 3 is 2.74 bits per heavy atom. The SMILES string of the molecule is CC(C)c1cccc(NC(N)=NCCc2coc(-c3ccc(F)cc3)n2)c1. The summed E-state index contributed by atoms with van der Waals surface area (Å²) in [6.45, 7) is 4.78. The zero-order chi connectivity index (χ0) is 19.2. The molecule has 2 aromatic carbocycles. The van der Waals surface area contributed by atoms with E-state index in [0.29, 0.717) is 30.7 Å². The Hall–Kier alpha value is -3.15. The molecule has 0 radical (unpaired) electrons. The predicted octanol–water partition coefficient (Wildman–Crippen LogP) is 4.57. The number of benzene rings is 2. The van der Waals surface area contributed by atoms with Crippen molar-refractivity contribution in [2.24, 2.45) is 10.7 Å². The van der Waals surface area contributed by atoms with Gasteiger partial charge in [0.05, 0.1) is 5.69 Å². The molecule has 0 atom stereocenters. The lowest BCUT2D eigenvalue weighted by Gasteiger charge is -2.09. The monoisotopic (exact) mass is 366 g/mol. The fraction of sp³-hybridized carbons (Fsp3) is 0.238. The zero-order valence-electron chi connectivity index (χ0n) is 15.4. The summed E-state index contributed by atoms with van der Waals surface area (Å²) in [6.07, 6.45) is 2.18. The minimum atomic E-state index is -0.290. The number of nitrogens with two attached hydrogens (primary N) is 1. The molecular formula is C21H23FN4O. The summed E-state index contributed by atoms with van der Waals surface area (Å²) in [6, 6.07) is 14.1. The molecule has 1 heterocycles. The van der Waals surface area contributed by atoms with Gasteiger partial charge in [0, 0.05) is 24.2 Å². The van der Waals surface area contributed by atoms with Crippen LogP contribution in [-0.2, 0) is 6.42 Å². The molecule has 0 aliphatic heterocycles. The maximum Gasteiger partial charge on any atom is 0.226 e. The smallest absolute Gasteiger partial charge is 0.226 e. The van der Waals surface area contributed by atoms with Crippen LogP contribution in [0.5, 0.6) is 0 Å². The van der Waals surface area contributed by atoms with E-state index in [2.05, 4.69) is 41.3 Å². The summed E-state index contributed by atoms with van der Waals surface area (Å²) in [4.78, 5) is 8.74. The predicted molar refractivity (Wildman–Crippen MR) is 106 cm³/mol. The van der Waals surface area contributed by atoms with Gasteiger partial charge in [0.2, 0.25) is 5.89 Å². The maximum atomic E-state index is 13.0. The standard InChI is InChI=1S/C21H23FN4O/c1-14(2)16-4-3-5-18(12-16)26-21(23)24-11-10-19-13-27-20(25-19)15-6-8-17(22)9-7-15/h3-9,12-14H,10-11H2,1-2H3,(H3,23,24,26). The number of nitrogens with one attached hydrogen (secondary N) is 1. The van der Waals surface area contributed by atoms with Gasteiger partial charge in [-0.1, -0.05) is 26.0 Å². The Kier molecular flexibility index (Phi) is 5.86. The van der Waals surface area contributed by atoms with Crippen molar-refractivity contribution in [3.63, 3.8) is 0 Å². The fourth-order valence-electron chi connectivity index (χ4n) is 2.60. The number of halogens is 1. The first-order valence-electron chi connectivity index (χ1n) is 8.88. The van der Waals surface area contributed by atoms with Gasteiger partial charge in [-0.15, -0.1) is 0 Å². The first-order valence-corrected chi connectivity index (χ1v) is 8.88. The number of anilines is 1. The van der Waals surface area contributed by atoms with Crippen LogP contribution in [0.1, 0.15) is 31.0 Å². The van der Waals surface area contributed by atoms with Crippen LogP contribution in [0, 0.1) is 5.82 Å². The van der Waals surface area contributed by atoms with Crippen molar-refractivity contribution in [3.8, 4) is 11.5 Å². The number of nitrogens with zero attached hydrogens (tertiary/aromatic N) is 2. The van der Waals surface area contributed by atoms with Crippen LogP contribution in [-0.4, -0.2) is 17.5 Å². The van der Waals surface area contributed by atoms with Gasteiger partial charge in [0.25, 0.3) is 0 Å². The van der Waals surface area contributed by atoms with E-state index in [1.165, 1.54) is 17.7 Å². The second-order valence-electron chi connectivity index (χ2n) is 6.57. The van der Waals surface area contributed by atoms with E-state index >= 15 is 0 Å². The van der Waals surface area contributed by atoms with Crippen molar-refractivity contribution in [2.45, 2.75) is 26.2 Å². The van der Waals surface area contributed by atoms with E-state index in [9.17, 15) is 4.39 Å². The van der Waals surface area contributed by atoms with Crippen molar-refractivity contribution in [1.29, 1.82) is 0 Å². The number of guanidine groups is 1. The zero-order valence-corrected chi connectivity index (χ0v) is 15.4. The molecule has 0 bridgehead atoms. The third kappa shape index (κ3) is 5.17. The highest BCUT2D eigenvalue weighted by atomic mass is 19.1. The third-order valence-electron chi connectivity index (χ3n) is 4.12. The molecule has 0 unspecified atom stereocenters. The molecule has 3 rings (SSSR count). The quantitative estimate of drug-likeness (QED) is 0.495. The molecule has 1 aromatic heterocycles. The second kappa shape index (κ2) is 8.49. The molecule has 3 N–H and O–H groups in total. The maximum absolute atomic E-state index is 13.0. The topological polar surface area (TPSA) is 76.4 Å². The molecule has 0 aliphatic carbocycles. The van der Waals surface area contributed by atoms with E-state index in [1.54, 1.807) is 18.4 Å². The van der Waals surface area contributed by atoms with Crippen molar-refractivity contribution in [3.05, 3.63) is 71.9 Å². The normalized spacial score (nSPS) is 11.8. The number of oxazole rings is 1. The Morgan fingerprint density at radius 2 is 2.00 bits per heavy atom. The van der Waals surface area contributed by atoms with E-state index in [1.807, 2.05) is 12.1 Å². The van der Waals surface area contributed by atoms with E-state index in [0.717, 1.165) is 16.9 Å². The summed E-state index contributed by atoms with van der Waals surface area (Å²) in [5.74, 6) is 0.984. The number of hydrogen-bond donors (Lipinski definition) is 2. The Balaban J connectivity index is 1.56. The van der Waals surface area contributed by atoms with Crippen LogP contribution in [0.3, 0.4) is 0 Å². The lowest BCUT2D eigenvalue weighted by molar-refractivity contribution is 0.572. The van der Waals surface area contributed by atoms with E-state index in [4.69, 9.17) is 10.2 Å². The molecule has 5 nitrogen and oxygen atoms in total. The van der Waals surface area contributed by atoms with Crippen LogP contribution in [0.15, 0.2) is 64.2 Å². The third-order valence-corrected chi connectivity index (χ3v) is 4.12. The van der Waals surface area contributed by atoms with Crippen molar-refractivity contribution >= 4 is 11.6 Å². The first kappa shape index (κ1) is 18.6. The first-order chi connectivity index (χ1) is 13.0. The van der Waals surface area contributed by atoms with Crippen LogP contribution in [0.25, 0.3) is 11.5 Å². The number of aliphatic imine (C=N–C) groups is 1. The Labute approximate surface area is 158 Å². The molecule has 0 saturated heterocycles. The highest BCUT2D eigenvalue weighted by Crippen LogP contribution is 2.20. The minimum absolute atomic E-state index is 0.290. The van der Waals surface area contributed by atoms with Gasteiger partial charge in [0.15, 0.2) is 5.96 Å². The van der Waals surface area contributed by atoms with Gasteiger partial charge in [-0.3, -0.25) is 4.99 Å². The second-order valence-corrected chi connectivity index (χ2v) is 6.57. The van der Waals surface area contributed by atoms with Crippen molar-refractivity contribution in [1.82, 2.24) is 4.98 Å². The molecule has 0 amide bonds. The van der Waals surface area contributed by atoms with Gasteiger partial charge < -0.3 is 15.5 Å². The minimum Gasteiger partial charge on any atom is -0.444 e. The molecular weight excluding hydrogens is 343 g/mol. The average molecular weight is 366 g/mol. The van der Waals surface area contributed by atoms with Gasteiger partial charge in [-0.2, -0.15) is 0 Å². The van der Waals surface area contributed by atoms with Crippen LogP contribution < -0.4 is 11.1 Å². The van der Waals surface area contributed by atoms with E-state index in [-0.39, 0.29) is 5.82 Å². The van der Waals surface area contributed by atoms with Gasteiger partial charge in [-0.05, 0) is 47.9 Å². The highest BCUT2D eigenvalue weighted by Gasteiger charge is 2.07. The molecule has 140 valence electrons. The molecule has 0 saturated carbocycles. The highest BCUT2D eigenvalue weighted by molar-refractivity contribution is 5.92. The summed E-state index contributed by atoms with van der Waals surface area (Å²) in [7, 11) is 0. The molecule has 0 fully saturated rings. The fourth-order valence-corrected chi connectivity index (χ4v) is 2.60. The van der Waals surface area contributed by atoms with Crippen LogP contribution >= 0.6 is 0 Å². The average Bonchev–Trinajstić information content (AvgIpc) is 3.11. The molecule has 0 aliphatic rings. The van der Waals surface area contributed by atoms with Crippen molar-refractivity contribution in [2.75, 3.05) is 11.9 Å². The lowest BCUT2D eigenvalue weighted by Crippen LogP contribution is -2.23. The summed E-state index contributed by atoms with van der Waals surface area (Å²) in [5, 5.41) is 3.11.